The number of ether oxygens (including phenoxy) is 1. The van der Waals surface area contributed by atoms with Gasteiger partial charge < -0.3 is 20.6 Å². The third kappa shape index (κ3) is 4.89. The number of H-pyrrole nitrogens is 1. The van der Waals surface area contributed by atoms with Gasteiger partial charge in [0.15, 0.2) is 5.65 Å². The van der Waals surface area contributed by atoms with Gasteiger partial charge in [0.1, 0.15) is 5.52 Å². The lowest BCUT2D eigenvalue weighted by molar-refractivity contribution is -0.113. The van der Waals surface area contributed by atoms with Crippen molar-refractivity contribution in [3.8, 4) is 17.1 Å². The van der Waals surface area contributed by atoms with Crippen LogP contribution in [-0.2, 0) is 4.79 Å². The molecule has 140 valence electrons. The number of aromatic nitrogens is 4. The lowest BCUT2D eigenvalue weighted by Gasteiger charge is -2.16. The van der Waals surface area contributed by atoms with E-state index in [4.69, 9.17) is 10.5 Å². The number of aromatic amines is 1. The molecule has 3 rings (SSSR count). The second-order valence-corrected chi connectivity index (χ2v) is 6.73. The molecule has 0 bridgehead atoms. The van der Waals surface area contributed by atoms with Crippen molar-refractivity contribution < 1.29 is 14.6 Å². The van der Waals surface area contributed by atoms with Crippen molar-refractivity contribution in [3.63, 3.8) is 0 Å². The van der Waals surface area contributed by atoms with Gasteiger partial charge in [0.25, 0.3) is 0 Å². The molecule has 3 aromatic heterocycles. The Bertz CT molecular complexity index is 971. The second kappa shape index (κ2) is 7.55. The van der Waals surface area contributed by atoms with Crippen LogP contribution in [0.4, 0.5) is 0 Å². The van der Waals surface area contributed by atoms with E-state index < -0.39 is 11.5 Å². The molecule has 0 saturated carbocycles. The first-order chi connectivity index (χ1) is 12.8. The molecule has 3 aromatic rings. The van der Waals surface area contributed by atoms with Gasteiger partial charge in [-0.25, -0.2) is 15.0 Å². The Balaban J connectivity index is 1.78. The van der Waals surface area contributed by atoms with Crippen molar-refractivity contribution >= 4 is 23.1 Å². The highest BCUT2D eigenvalue weighted by molar-refractivity contribution is 5.93. The van der Waals surface area contributed by atoms with E-state index in [1.54, 1.807) is 44.6 Å². The second-order valence-electron chi connectivity index (χ2n) is 6.73. The molecular weight excluding hydrogens is 346 g/mol. The van der Waals surface area contributed by atoms with Crippen LogP contribution in [0.5, 0.6) is 5.88 Å². The van der Waals surface area contributed by atoms with Gasteiger partial charge in [-0.05, 0) is 26.0 Å². The summed E-state index contributed by atoms with van der Waals surface area (Å²) < 4.78 is 5.54. The average Bonchev–Trinajstić information content (AvgIpc) is 3.02. The van der Waals surface area contributed by atoms with Crippen LogP contribution in [0, 0.1) is 0 Å². The number of carbonyl (C=O) groups excluding carboxylic acids is 1. The molecule has 1 amide bonds. The summed E-state index contributed by atoms with van der Waals surface area (Å²) in [6.45, 7) is 3.84. The fourth-order valence-electron chi connectivity index (χ4n) is 2.37. The van der Waals surface area contributed by atoms with Crippen LogP contribution < -0.4 is 10.5 Å². The fraction of sp³-hybridized carbons (Fsp3) is 0.263. The smallest absolute Gasteiger partial charge is 0.241 e. The summed E-state index contributed by atoms with van der Waals surface area (Å²) >= 11 is 0. The Labute approximate surface area is 156 Å². The molecule has 0 spiro atoms. The number of nitrogens with two attached hydrogens (primary N) is 1. The Morgan fingerprint density at radius 3 is 2.81 bits per heavy atom. The Morgan fingerprint density at radius 1 is 1.33 bits per heavy atom. The molecular formula is C19H21N5O3. The third-order valence-corrected chi connectivity index (χ3v) is 3.83. The first-order valence-electron chi connectivity index (χ1n) is 8.45. The summed E-state index contributed by atoms with van der Waals surface area (Å²) in [7, 11) is 0. The zero-order valence-electron chi connectivity index (χ0n) is 15.1. The molecule has 0 aliphatic rings. The monoisotopic (exact) mass is 367 g/mol. The van der Waals surface area contributed by atoms with E-state index >= 15 is 0 Å². The SMILES string of the molecule is CC(C)(O)CCOc1ccc(-c2cnc3[nH]cc(/C=C/C(N)=O)c3n2)cn1. The normalized spacial score (nSPS) is 12.0. The lowest BCUT2D eigenvalue weighted by atomic mass is 10.1. The summed E-state index contributed by atoms with van der Waals surface area (Å²) in [4.78, 5) is 27.2. The number of pyridine rings is 1. The minimum Gasteiger partial charge on any atom is -0.478 e. The van der Waals surface area contributed by atoms with Crippen LogP contribution in [0.15, 0.2) is 36.8 Å². The zero-order chi connectivity index (χ0) is 19.4. The molecule has 8 heteroatoms. The van der Waals surface area contributed by atoms with Gasteiger partial charge in [-0.3, -0.25) is 4.79 Å². The van der Waals surface area contributed by atoms with Crippen LogP contribution in [0.3, 0.4) is 0 Å². The van der Waals surface area contributed by atoms with Crippen molar-refractivity contribution in [2.24, 2.45) is 5.73 Å². The van der Waals surface area contributed by atoms with Gasteiger partial charge >= 0.3 is 0 Å². The van der Waals surface area contributed by atoms with E-state index in [9.17, 15) is 9.90 Å². The topological polar surface area (TPSA) is 127 Å². The molecule has 3 heterocycles. The molecule has 0 radical (unpaired) electrons. The van der Waals surface area contributed by atoms with Gasteiger partial charge in [-0.1, -0.05) is 0 Å². The molecule has 0 aliphatic heterocycles. The highest BCUT2D eigenvalue weighted by atomic mass is 16.5. The average molecular weight is 367 g/mol. The highest BCUT2D eigenvalue weighted by Gasteiger charge is 2.12. The van der Waals surface area contributed by atoms with Gasteiger partial charge in [-0.2, -0.15) is 0 Å². The number of primary amides is 1. The number of aliphatic hydroxyl groups is 1. The van der Waals surface area contributed by atoms with Crippen molar-refractivity contribution in [1.82, 2.24) is 19.9 Å². The number of hydrogen-bond acceptors (Lipinski definition) is 6. The zero-order valence-corrected chi connectivity index (χ0v) is 15.1. The molecule has 27 heavy (non-hydrogen) atoms. The van der Waals surface area contributed by atoms with E-state index in [2.05, 4.69) is 19.9 Å². The predicted octanol–water partition coefficient (Wildman–Crippen LogP) is 2.06. The molecule has 0 aliphatic carbocycles. The van der Waals surface area contributed by atoms with Crippen molar-refractivity contribution in [2.45, 2.75) is 25.9 Å². The summed E-state index contributed by atoms with van der Waals surface area (Å²) in [5.74, 6) is -0.0541. The summed E-state index contributed by atoms with van der Waals surface area (Å²) in [5.41, 5.74) is 7.76. The number of nitrogens with one attached hydrogen (secondary N) is 1. The quantitative estimate of drug-likeness (QED) is 0.549. The number of fused-ring (bicyclic) bond motifs is 1. The van der Waals surface area contributed by atoms with Crippen LogP contribution in [0.2, 0.25) is 0 Å². The van der Waals surface area contributed by atoms with Crippen molar-refractivity contribution in [2.75, 3.05) is 6.61 Å². The third-order valence-electron chi connectivity index (χ3n) is 3.83. The lowest BCUT2D eigenvalue weighted by Crippen LogP contribution is -2.21. The fourth-order valence-corrected chi connectivity index (χ4v) is 2.37. The Hall–Kier alpha value is -3.26. The number of rotatable bonds is 7. The maximum atomic E-state index is 10.9. The first-order valence-corrected chi connectivity index (χ1v) is 8.45. The number of nitrogens with zero attached hydrogens (tertiary/aromatic N) is 3. The standard InChI is InChI=1S/C19H21N5O3/c1-19(2,26)7-8-27-16-6-4-12(9-21-16)14-11-23-18-17(24-14)13(10-22-18)3-5-15(20)25/h3-6,9-11,26H,7-8H2,1-2H3,(H2,20,25)(H,22,23)/b5-3+. The highest BCUT2D eigenvalue weighted by Crippen LogP contribution is 2.22. The minimum absolute atomic E-state index is 0.376. The van der Waals surface area contributed by atoms with Gasteiger partial charge in [0, 0.05) is 42.1 Å². The van der Waals surface area contributed by atoms with Crippen LogP contribution in [0.25, 0.3) is 28.5 Å². The summed E-state index contributed by atoms with van der Waals surface area (Å²) in [6.07, 6.45) is 8.39. The van der Waals surface area contributed by atoms with Gasteiger partial charge in [0.2, 0.25) is 11.8 Å². The molecule has 0 fully saturated rings. The largest absolute Gasteiger partial charge is 0.478 e. The maximum absolute atomic E-state index is 10.9. The van der Waals surface area contributed by atoms with E-state index in [-0.39, 0.29) is 0 Å². The molecule has 0 unspecified atom stereocenters. The van der Waals surface area contributed by atoms with Crippen LogP contribution in [0.1, 0.15) is 25.8 Å². The molecule has 4 N–H and O–H groups in total. The molecule has 8 nitrogen and oxygen atoms in total. The van der Waals surface area contributed by atoms with E-state index in [0.717, 1.165) is 11.1 Å². The van der Waals surface area contributed by atoms with Gasteiger partial charge in [0.05, 0.1) is 24.1 Å². The molecule has 0 atom stereocenters. The summed E-state index contributed by atoms with van der Waals surface area (Å²) in [5, 5.41) is 9.70. The Kier molecular flexibility index (Phi) is 5.18. The summed E-state index contributed by atoms with van der Waals surface area (Å²) in [6, 6.07) is 3.59. The van der Waals surface area contributed by atoms with Crippen molar-refractivity contribution in [1.29, 1.82) is 0 Å². The Morgan fingerprint density at radius 2 is 2.15 bits per heavy atom. The first kappa shape index (κ1) is 18.5. The van der Waals surface area contributed by atoms with Crippen molar-refractivity contribution in [3.05, 3.63) is 42.4 Å². The van der Waals surface area contributed by atoms with Crippen LogP contribution >= 0.6 is 0 Å². The number of amides is 1. The predicted molar refractivity (Wildman–Crippen MR) is 102 cm³/mol. The maximum Gasteiger partial charge on any atom is 0.241 e. The molecule has 0 aromatic carbocycles. The number of hydrogen-bond donors (Lipinski definition) is 3. The van der Waals surface area contributed by atoms with E-state index in [0.29, 0.717) is 35.8 Å². The van der Waals surface area contributed by atoms with E-state index in [1.165, 1.54) is 6.08 Å². The van der Waals surface area contributed by atoms with Crippen LogP contribution in [-0.4, -0.2) is 43.2 Å². The van der Waals surface area contributed by atoms with Gasteiger partial charge in [-0.15, -0.1) is 0 Å². The van der Waals surface area contributed by atoms with E-state index in [1.807, 2.05) is 6.07 Å². The number of carbonyl (C=O) groups is 1. The molecule has 0 saturated heterocycles. The minimum atomic E-state index is -0.776.